The zero-order valence-electron chi connectivity index (χ0n) is 18.3. The number of hydrogen-bond donors (Lipinski definition) is 2. The predicted molar refractivity (Wildman–Crippen MR) is 119 cm³/mol. The minimum Gasteiger partial charge on any atom is -0.474 e. The Balaban J connectivity index is 1.88. The molecule has 0 saturated carbocycles. The van der Waals surface area contributed by atoms with Crippen LogP contribution in [0.25, 0.3) is 0 Å². The van der Waals surface area contributed by atoms with Gasteiger partial charge in [0, 0.05) is 29.2 Å². The quantitative estimate of drug-likeness (QED) is 0.592. The maximum absolute atomic E-state index is 14.9. The van der Waals surface area contributed by atoms with Crippen LogP contribution in [0, 0.1) is 11.6 Å². The number of ether oxygens (including phenoxy) is 2. The number of thioether (sulfide) groups is 1. The van der Waals surface area contributed by atoms with Gasteiger partial charge in [-0.25, -0.2) is 23.1 Å². The van der Waals surface area contributed by atoms with Crippen LogP contribution in [0.2, 0.25) is 0 Å². The van der Waals surface area contributed by atoms with Gasteiger partial charge in [-0.2, -0.15) is 0 Å². The highest BCUT2D eigenvalue weighted by atomic mass is 32.2. The van der Waals surface area contributed by atoms with Crippen LogP contribution in [0.15, 0.2) is 29.5 Å². The van der Waals surface area contributed by atoms with Crippen molar-refractivity contribution in [3.8, 4) is 5.88 Å². The largest absolute Gasteiger partial charge is 0.474 e. The van der Waals surface area contributed by atoms with Gasteiger partial charge in [-0.15, -0.1) is 0 Å². The number of nitrogens with two attached hydrogens (primary N) is 1. The zero-order valence-corrected chi connectivity index (χ0v) is 19.1. The molecule has 3 rings (SSSR count). The van der Waals surface area contributed by atoms with E-state index in [0.717, 1.165) is 18.5 Å². The first-order valence-electron chi connectivity index (χ1n) is 9.94. The van der Waals surface area contributed by atoms with Gasteiger partial charge in [0.05, 0.1) is 24.5 Å². The Morgan fingerprint density at radius 2 is 2.03 bits per heavy atom. The summed E-state index contributed by atoms with van der Waals surface area (Å²) in [5, 5.41) is 2.71. The minimum absolute atomic E-state index is 0.00937. The highest BCUT2D eigenvalue weighted by Crippen LogP contribution is 2.46. The van der Waals surface area contributed by atoms with Gasteiger partial charge in [-0.05, 0) is 26.3 Å². The summed E-state index contributed by atoms with van der Waals surface area (Å²) in [7, 11) is 1.55. The van der Waals surface area contributed by atoms with E-state index in [0.29, 0.717) is 13.0 Å². The predicted octanol–water partition coefficient (Wildman–Crippen LogP) is 3.43. The molecule has 1 aromatic carbocycles. The molecule has 2 atom stereocenters. The van der Waals surface area contributed by atoms with Crippen LogP contribution in [0.5, 0.6) is 5.88 Å². The molecule has 0 radical (unpaired) electrons. The van der Waals surface area contributed by atoms with Crippen molar-refractivity contribution >= 4 is 28.5 Å². The molecule has 1 aliphatic heterocycles. The van der Waals surface area contributed by atoms with Crippen LogP contribution < -0.4 is 15.8 Å². The van der Waals surface area contributed by atoms with E-state index in [-0.39, 0.29) is 34.6 Å². The molecule has 12 heteroatoms. The summed E-state index contributed by atoms with van der Waals surface area (Å²) in [6, 6.07) is 2.19. The number of carbonyl (C=O) groups is 1. The first-order chi connectivity index (χ1) is 15.6. The number of amides is 1. The molecule has 3 N–H and O–H groups in total. The molecular formula is C21H24F3N5O3S. The molecule has 2 aromatic rings. The summed E-state index contributed by atoms with van der Waals surface area (Å²) >= 11 is 1.31. The zero-order chi connectivity index (χ0) is 24.2. The minimum atomic E-state index is -1.19. The normalized spacial score (nSPS) is 22.5. The van der Waals surface area contributed by atoms with Crippen molar-refractivity contribution in [2.45, 2.75) is 30.6 Å². The topological polar surface area (TPSA) is 112 Å². The number of rotatable bonds is 8. The Morgan fingerprint density at radius 1 is 1.27 bits per heavy atom. The van der Waals surface area contributed by atoms with E-state index in [1.165, 1.54) is 17.8 Å². The van der Waals surface area contributed by atoms with Gasteiger partial charge in [0.1, 0.15) is 19.0 Å². The van der Waals surface area contributed by atoms with Crippen molar-refractivity contribution in [2.24, 2.45) is 10.7 Å². The van der Waals surface area contributed by atoms with E-state index >= 15 is 0 Å². The maximum atomic E-state index is 14.9. The number of alkyl halides is 1. The molecule has 178 valence electrons. The van der Waals surface area contributed by atoms with Crippen molar-refractivity contribution < 1.29 is 27.4 Å². The second kappa shape index (κ2) is 9.96. The molecule has 0 bridgehead atoms. The Hall–Kier alpha value is -2.86. The number of anilines is 1. The lowest BCUT2D eigenvalue weighted by Gasteiger charge is -2.41. The van der Waals surface area contributed by atoms with E-state index in [9.17, 15) is 18.0 Å². The van der Waals surface area contributed by atoms with Gasteiger partial charge in [0.15, 0.2) is 16.8 Å². The van der Waals surface area contributed by atoms with Gasteiger partial charge in [0.2, 0.25) is 5.88 Å². The van der Waals surface area contributed by atoms with Crippen molar-refractivity contribution in [3.63, 3.8) is 0 Å². The van der Waals surface area contributed by atoms with Gasteiger partial charge in [-0.3, -0.25) is 9.79 Å². The Labute approximate surface area is 193 Å². The number of carbonyl (C=O) groups excluding carboxylic acids is 1. The standard InChI is InChI=1S/C21H24F3N5O3S/c1-20(11-31-3)10-21(2,29-19(25)33-20)13-6-12(7-14(23)17(13)24)28-18(30)15-8-27-16(9-26-15)32-5-4-22/h6-9H,4-5,10-11H2,1-3H3,(H2,25,29)(H,28,30)/t20-,21+/m1/s1. The Bertz CT molecular complexity index is 1060. The fourth-order valence-electron chi connectivity index (χ4n) is 3.76. The van der Waals surface area contributed by atoms with Crippen LogP contribution in [0.3, 0.4) is 0 Å². The molecular weight excluding hydrogens is 459 g/mol. The number of methoxy groups -OCH3 is 1. The van der Waals surface area contributed by atoms with Crippen molar-refractivity contribution in [3.05, 3.63) is 47.4 Å². The third kappa shape index (κ3) is 5.74. The number of nitrogens with one attached hydrogen (secondary N) is 1. The molecule has 0 unspecified atom stereocenters. The van der Waals surface area contributed by atoms with E-state index < -0.39 is 34.5 Å². The fourth-order valence-corrected chi connectivity index (χ4v) is 5.04. The molecule has 1 aromatic heterocycles. The summed E-state index contributed by atoms with van der Waals surface area (Å²) in [6.07, 6.45) is 2.61. The highest BCUT2D eigenvalue weighted by Gasteiger charge is 2.44. The first-order valence-corrected chi connectivity index (χ1v) is 10.8. The summed E-state index contributed by atoms with van der Waals surface area (Å²) in [6.45, 7) is 3.00. The number of benzene rings is 1. The average Bonchev–Trinajstić information content (AvgIpc) is 2.74. The van der Waals surface area contributed by atoms with Crippen LogP contribution in [-0.4, -0.2) is 52.8 Å². The summed E-state index contributed by atoms with van der Waals surface area (Å²) in [4.78, 5) is 24.7. The third-order valence-electron chi connectivity index (χ3n) is 4.93. The van der Waals surface area contributed by atoms with Crippen LogP contribution in [0.1, 0.15) is 36.3 Å². The molecule has 8 nitrogen and oxygen atoms in total. The molecule has 2 heterocycles. The lowest BCUT2D eigenvalue weighted by Crippen LogP contribution is -2.43. The van der Waals surface area contributed by atoms with E-state index in [1.54, 1.807) is 14.0 Å². The summed E-state index contributed by atoms with van der Waals surface area (Å²) in [5.74, 6) is -2.87. The smallest absolute Gasteiger partial charge is 0.275 e. The molecule has 0 spiro atoms. The van der Waals surface area contributed by atoms with Crippen LogP contribution >= 0.6 is 11.8 Å². The van der Waals surface area contributed by atoms with Gasteiger partial charge in [-0.1, -0.05) is 11.8 Å². The summed E-state index contributed by atoms with van der Waals surface area (Å²) in [5.41, 5.74) is 4.68. The number of hydrogen-bond acceptors (Lipinski definition) is 8. The van der Waals surface area contributed by atoms with Crippen molar-refractivity contribution in [1.82, 2.24) is 9.97 Å². The second-order valence-corrected chi connectivity index (χ2v) is 9.54. The molecule has 0 aliphatic carbocycles. The first kappa shape index (κ1) is 24.8. The number of aliphatic imine (C=N–C) groups is 1. The lowest BCUT2D eigenvalue weighted by molar-refractivity contribution is 0.102. The van der Waals surface area contributed by atoms with E-state index in [4.69, 9.17) is 15.2 Å². The summed E-state index contributed by atoms with van der Waals surface area (Å²) < 4.78 is 51.3. The SMILES string of the molecule is COC[C@@]1(C)C[C@@](C)(c2cc(NC(=O)c3cnc(OCCF)cn3)cc(F)c2F)N=C(N)S1. The Morgan fingerprint density at radius 3 is 2.67 bits per heavy atom. The molecule has 33 heavy (non-hydrogen) atoms. The molecule has 0 fully saturated rings. The Kier molecular flexibility index (Phi) is 7.48. The van der Waals surface area contributed by atoms with Gasteiger partial charge >= 0.3 is 0 Å². The third-order valence-corrected chi connectivity index (χ3v) is 5.99. The van der Waals surface area contributed by atoms with Gasteiger partial charge < -0.3 is 20.5 Å². The molecule has 1 amide bonds. The second-order valence-electron chi connectivity index (χ2n) is 7.94. The van der Waals surface area contributed by atoms with Crippen LogP contribution in [-0.2, 0) is 10.3 Å². The molecule has 0 saturated heterocycles. The highest BCUT2D eigenvalue weighted by molar-refractivity contribution is 8.15. The van der Waals surface area contributed by atoms with Crippen molar-refractivity contribution in [2.75, 3.05) is 32.3 Å². The number of halogens is 3. The molecule has 1 aliphatic rings. The average molecular weight is 484 g/mol. The van der Waals surface area contributed by atoms with E-state index in [1.807, 2.05) is 6.92 Å². The monoisotopic (exact) mass is 483 g/mol. The number of nitrogens with zero attached hydrogens (tertiary/aromatic N) is 3. The van der Waals surface area contributed by atoms with Crippen LogP contribution in [0.4, 0.5) is 18.9 Å². The lowest BCUT2D eigenvalue weighted by atomic mass is 9.83. The van der Waals surface area contributed by atoms with E-state index in [2.05, 4.69) is 20.3 Å². The number of amidine groups is 1. The fraction of sp³-hybridized carbons (Fsp3) is 0.429. The van der Waals surface area contributed by atoms with Gasteiger partial charge in [0.25, 0.3) is 5.91 Å². The number of aromatic nitrogens is 2. The maximum Gasteiger partial charge on any atom is 0.275 e. The van der Waals surface area contributed by atoms with Crippen molar-refractivity contribution in [1.29, 1.82) is 0 Å².